The van der Waals surface area contributed by atoms with Gasteiger partial charge < -0.3 is 19.3 Å². The van der Waals surface area contributed by atoms with Crippen LogP contribution in [0.4, 0.5) is 0 Å². The van der Waals surface area contributed by atoms with Gasteiger partial charge in [0.1, 0.15) is 5.82 Å². The Balaban J connectivity index is 1.77. The molecule has 1 aromatic heterocycles. The molecule has 4 rings (SSSR count). The van der Waals surface area contributed by atoms with E-state index >= 15 is 0 Å². The van der Waals surface area contributed by atoms with E-state index in [1.54, 1.807) is 22.8 Å². The third-order valence-corrected chi connectivity index (χ3v) is 6.95. The van der Waals surface area contributed by atoms with E-state index in [9.17, 15) is 14.7 Å². The molecule has 1 N–H and O–H groups in total. The zero-order valence-electron chi connectivity index (χ0n) is 19.0. The highest BCUT2D eigenvalue weighted by atomic mass is 16.5. The fourth-order valence-electron chi connectivity index (χ4n) is 5.01. The number of fused-ring (bicyclic) bond motifs is 1. The van der Waals surface area contributed by atoms with Crippen LogP contribution in [0.5, 0.6) is 5.75 Å². The van der Waals surface area contributed by atoms with Gasteiger partial charge in [0.2, 0.25) is 5.75 Å². The second-order valence-corrected chi connectivity index (χ2v) is 8.95. The number of benzene rings is 1. The van der Waals surface area contributed by atoms with Crippen LogP contribution in [-0.2, 0) is 23.1 Å². The molecule has 32 heavy (non-hydrogen) atoms. The first kappa shape index (κ1) is 22.1. The van der Waals surface area contributed by atoms with Crippen LogP contribution in [0, 0.1) is 0 Å². The molecule has 170 valence electrons. The van der Waals surface area contributed by atoms with Crippen LogP contribution in [0.25, 0.3) is 6.08 Å². The van der Waals surface area contributed by atoms with Gasteiger partial charge in [0.05, 0.1) is 12.9 Å². The maximum absolute atomic E-state index is 12.9. The molecule has 1 atom stereocenters. The summed E-state index contributed by atoms with van der Waals surface area (Å²) in [5.41, 5.74) is 1.43. The Morgan fingerprint density at radius 2 is 2.03 bits per heavy atom. The van der Waals surface area contributed by atoms with Gasteiger partial charge in [0, 0.05) is 31.5 Å². The van der Waals surface area contributed by atoms with Crippen molar-refractivity contribution >= 4 is 12.0 Å². The van der Waals surface area contributed by atoms with Gasteiger partial charge in [-0.15, -0.1) is 0 Å². The fourth-order valence-corrected chi connectivity index (χ4v) is 5.01. The normalized spacial score (nSPS) is 20.0. The van der Waals surface area contributed by atoms with Gasteiger partial charge in [-0.3, -0.25) is 9.59 Å². The summed E-state index contributed by atoms with van der Waals surface area (Å²) in [6, 6.07) is 8.36. The minimum atomic E-state index is -0.732. The molecule has 7 heteroatoms. The topological polar surface area (TPSA) is 84.7 Å². The van der Waals surface area contributed by atoms with Crippen molar-refractivity contribution < 1.29 is 14.6 Å². The van der Waals surface area contributed by atoms with Gasteiger partial charge in [-0.25, -0.2) is 0 Å². The van der Waals surface area contributed by atoms with Gasteiger partial charge in [-0.1, -0.05) is 37.1 Å². The number of ether oxygens (including phenoxy) is 1. The number of carbonyl (C=O) groups is 1. The Morgan fingerprint density at radius 1 is 1.28 bits per heavy atom. The van der Waals surface area contributed by atoms with Crippen molar-refractivity contribution in [1.82, 2.24) is 14.5 Å². The van der Waals surface area contributed by atoms with E-state index in [-0.39, 0.29) is 23.1 Å². The van der Waals surface area contributed by atoms with Crippen molar-refractivity contribution in [1.29, 1.82) is 0 Å². The Hall–Kier alpha value is -3.09. The maximum Gasteiger partial charge on any atom is 0.315 e. The van der Waals surface area contributed by atoms with Crippen molar-refractivity contribution in [3.05, 3.63) is 63.5 Å². The molecule has 1 aliphatic heterocycles. The van der Waals surface area contributed by atoms with Crippen molar-refractivity contribution in [2.75, 3.05) is 13.7 Å². The highest BCUT2D eigenvalue weighted by Gasteiger charge is 2.39. The standard InChI is InChI=1S/C25H31N3O4/c1-4-32-13-10-18-8-7-9-19(14-18)25(11-5-6-12-25)15-20-26-23(30)22(29)21-24(31)27(3)17(2)16-28(20)21/h7-10,13-14,17,29H,4-6,11-12,15-16H2,1-3H3/b13-10+/t17-/m0/s1. The summed E-state index contributed by atoms with van der Waals surface area (Å²) >= 11 is 0. The SMILES string of the molecule is CCO/C=C/c1cccc(C2(Cc3nc(=O)c(O)c4n3C[C@H](C)N(C)C4=O)CCCC2)c1. The van der Waals surface area contributed by atoms with Gasteiger partial charge in [0.25, 0.3) is 5.91 Å². The van der Waals surface area contributed by atoms with Gasteiger partial charge in [-0.05, 0) is 43.9 Å². The van der Waals surface area contributed by atoms with E-state index < -0.39 is 11.3 Å². The minimum Gasteiger partial charge on any atom is -0.501 e. The summed E-state index contributed by atoms with van der Waals surface area (Å²) in [6.07, 6.45) is 8.40. The molecule has 1 amide bonds. The second-order valence-electron chi connectivity index (χ2n) is 8.95. The highest BCUT2D eigenvalue weighted by Crippen LogP contribution is 2.44. The molecule has 0 bridgehead atoms. The molecule has 1 aliphatic carbocycles. The number of rotatable bonds is 6. The second kappa shape index (κ2) is 8.81. The van der Waals surface area contributed by atoms with Crippen LogP contribution in [0.1, 0.15) is 67.0 Å². The Morgan fingerprint density at radius 3 is 2.75 bits per heavy atom. The molecule has 0 unspecified atom stereocenters. The Bertz CT molecular complexity index is 1100. The lowest BCUT2D eigenvalue weighted by Gasteiger charge is -2.36. The summed E-state index contributed by atoms with van der Waals surface area (Å²) in [7, 11) is 1.69. The quantitative estimate of drug-likeness (QED) is 0.700. The van der Waals surface area contributed by atoms with Crippen LogP contribution < -0.4 is 5.56 Å². The molecule has 1 fully saturated rings. The number of hydrogen-bond donors (Lipinski definition) is 1. The van der Waals surface area contributed by atoms with Crippen molar-refractivity contribution in [3.63, 3.8) is 0 Å². The lowest BCUT2D eigenvalue weighted by Crippen LogP contribution is -2.47. The van der Waals surface area contributed by atoms with Crippen LogP contribution in [0.2, 0.25) is 0 Å². The number of hydrogen-bond acceptors (Lipinski definition) is 5. The van der Waals surface area contributed by atoms with Crippen LogP contribution in [0.3, 0.4) is 0 Å². The Labute approximate surface area is 188 Å². The summed E-state index contributed by atoms with van der Waals surface area (Å²) in [5.74, 6) is -0.320. The molecule has 7 nitrogen and oxygen atoms in total. The van der Waals surface area contributed by atoms with E-state index in [1.165, 1.54) is 5.56 Å². The summed E-state index contributed by atoms with van der Waals surface area (Å²) in [6.45, 7) is 5.03. The zero-order valence-corrected chi connectivity index (χ0v) is 19.0. The molecule has 2 aromatic rings. The van der Waals surface area contributed by atoms with E-state index in [2.05, 4.69) is 17.1 Å². The average molecular weight is 438 g/mol. The third kappa shape index (κ3) is 3.92. The van der Waals surface area contributed by atoms with E-state index in [0.717, 1.165) is 31.2 Å². The first-order chi connectivity index (χ1) is 15.4. The summed E-state index contributed by atoms with van der Waals surface area (Å²) in [4.78, 5) is 31.2. The molecule has 2 heterocycles. The number of amides is 1. The molecular weight excluding hydrogens is 406 g/mol. The molecule has 1 aromatic carbocycles. The predicted octanol–water partition coefficient (Wildman–Crippen LogP) is 3.48. The smallest absolute Gasteiger partial charge is 0.315 e. The largest absolute Gasteiger partial charge is 0.501 e. The highest BCUT2D eigenvalue weighted by molar-refractivity contribution is 5.95. The van der Waals surface area contributed by atoms with Gasteiger partial charge in [0.15, 0.2) is 5.69 Å². The number of nitrogens with zero attached hydrogens (tertiary/aromatic N) is 3. The lowest BCUT2D eigenvalue weighted by atomic mass is 9.75. The number of aromatic nitrogens is 2. The van der Waals surface area contributed by atoms with E-state index in [4.69, 9.17) is 4.74 Å². The van der Waals surface area contributed by atoms with Crippen molar-refractivity contribution in [3.8, 4) is 5.75 Å². The molecular formula is C25H31N3O4. The van der Waals surface area contributed by atoms with Gasteiger partial charge >= 0.3 is 5.56 Å². The van der Waals surface area contributed by atoms with Crippen molar-refractivity contribution in [2.45, 2.75) is 64.0 Å². The number of aromatic hydroxyl groups is 1. The minimum absolute atomic E-state index is 0.0518. The maximum atomic E-state index is 12.9. The number of likely N-dealkylation sites (N-methyl/N-ethyl adjacent to an activating group) is 1. The Kier molecular flexibility index (Phi) is 6.09. The first-order valence-electron chi connectivity index (χ1n) is 11.3. The third-order valence-electron chi connectivity index (χ3n) is 6.95. The van der Waals surface area contributed by atoms with E-state index in [1.807, 2.05) is 32.1 Å². The molecule has 0 saturated heterocycles. The first-order valence-corrected chi connectivity index (χ1v) is 11.3. The molecule has 0 spiro atoms. The van der Waals surface area contributed by atoms with Crippen LogP contribution in [0.15, 0.2) is 35.3 Å². The molecule has 0 radical (unpaired) electrons. The average Bonchev–Trinajstić information content (AvgIpc) is 3.26. The van der Waals surface area contributed by atoms with Crippen LogP contribution >= 0.6 is 0 Å². The van der Waals surface area contributed by atoms with Gasteiger partial charge in [-0.2, -0.15) is 4.98 Å². The summed E-state index contributed by atoms with van der Waals surface area (Å²) < 4.78 is 7.12. The molecule has 2 aliphatic rings. The number of carbonyl (C=O) groups excluding carboxylic acids is 1. The zero-order chi connectivity index (χ0) is 22.9. The van der Waals surface area contributed by atoms with Crippen LogP contribution in [-0.4, -0.2) is 45.2 Å². The summed E-state index contributed by atoms with van der Waals surface area (Å²) in [5, 5.41) is 10.4. The predicted molar refractivity (Wildman–Crippen MR) is 123 cm³/mol. The monoisotopic (exact) mass is 437 g/mol. The lowest BCUT2D eigenvalue weighted by molar-refractivity contribution is 0.0660. The van der Waals surface area contributed by atoms with E-state index in [0.29, 0.717) is 25.4 Å². The molecule has 1 saturated carbocycles. The fraction of sp³-hybridized carbons (Fsp3) is 0.480. The van der Waals surface area contributed by atoms with Crippen molar-refractivity contribution in [2.24, 2.45) is 0 Å².